The van der Waals surface area contributed by atoms with E-state index in [-0.39, 0.29) is 35.0 Å². The summed E-state index contributed by atoms with van der Waals surface area (Å²) in [6, 6.07) is 8.06. The van der Waals surface area contributed by atoms with Crippen LogP contribution in [0, 0.1) is 0 Å². The summed E-state index contributed by atoms with van der Waals surface area (Å²) >= 11 is 0. The second-order valence-corrected chi connectivity index (χ2v) is 4.55. The molecular formula is C17H22FeNO3-. The molecule has 0 saturated heterocycles. The van der Waals surface area contributed by atoms with Crippen LogP contribution in [0.5, 0.6) is 0 Å². The molecule has 0 radical (unpaired) electrons. The Morgan fingerprint density at radius 1 is 1.32 bits per heavy atom. The fourth-order valence-corrected chi connectivity index (χ4v) is 1.80. The van der Waals surface area contributed by atoms with E-state index in [0.29, 0.717) is 6.61 Å². The molecule has 22 heavy (non-hydrogen) atoms. The summed E-state index contributed by atoms with van der Waals surface area (Å²) < 4.78 is 4.86. The molecule has 0 saturated carbocycles. The van der Waals surface area contributed by atoms with E-state index in [1.807, 2.05) is 50.3 Å². The predicted octanol–water partition coefficient (Wildman–Crippen LogP) is 3.52. The Balaban J connectivity index is 0.000000385. The molecule has 1 amide bonds. The van der Waals surface area contributed by atoms with E-state index in [0.717, 1.165) is 11.1 Å². The van der Waals surface area contributed by atoms with Gasteiger partial charge in [-0.05, 0) is 19.1 Å². The number of hydrogen-bond acceptors (Lipinski definition) is 3. The summed E-state index contributed by atoms with van der Waals surface area (Å²) in [5.41, 5.74) is 1.89. The molecule has 0 heterocycles. The number of rotatable bonds is 4. The largest absolute Gasteiger partial charge is 0.481 e. The van der Waals surface area contributed by atoms with E-state index in [1.165, 1.54) is 6.92 Å². The number of hydrogen-bond donors (Lipinski definition) is 2. The fraction of sp³-hybridized carbons (Fsp3) is 0.294. The third-order valence-electron chi connectivity index (χ3n) is 2.80. The van der Waals surface area contributed by atoms with E-state index in [4.69, 9.17) is 9.84 Å². The predicted molar refractivity (Wildman–Crippen MR) is 83.8 cm³/mol. The first kappa shape index (κ1) is 20.2. The molecule has 1 aromatic carbocycles. The van der Waals surface area contributed by atoms with Crippen LogP contribution in [0.25, 0.3) is 0 Å². The number of nitrogens with one attached hydrogen (secondary N) is 1. The van der Waals surface area contributed by atoms with Crippen LogP contribution in [-0.2, 0) is 26.6 Å². The van der Waals surface area contributed by atoms with Gasteiger partial charge in [-0.2, -0.15) is 12.1 Å². The van der Waals surface area contributed by atoms with E-state index in [1.54, 1.807) is 12.2 Å². The Hall–Kier alpha value is -1.84. The molecule has 122 valence electrons. The van der Waals surface area contributed by atoms with Crippen molar-refractivity contribution in [3.05, 3.63) is 65.7 Å². The average Bonchev–Trinajstić information content (AvgIpc) is 3.13. The van der Waals surface area contributed by atoms with E-state index < -0.39 is 0 Å². The van der Waals surface area contributed by atoms with Gasteiger partial charge in [-0.3, -0.25) is 4.79 Å². The topological polar surface area (TPSA) is 58.6 Å². The Morgan fingerprint density at radius 2 is 1.86 bits per heavy atom. The van der Waals surface area contributed by atoms with Crippen LogP contribution in [0.15, 0.2) is 60.1 Å². The maximum Gasteiger partial charge on any atom is 0.284 e. The second-order valence-electron chi connectivity index (χ2n) is 4.55. The Kier molecular flexibility index (Phi) is 9.92. The summed E-state index contributed by atoms with van der Waals surface area (Å²) in [7, 11) is 0. The maximum absolute atomic E-state index is 10.6. The zero-order valence-corrected chi connectivity index (χ0v) is 14.1. The van der Waals surface area contributed by atoms with Crippen LogP contribution >= 0.6 is 0 Å². The van der Waals surface area contributed by atoms with Crippen LogP contribution in [-0.4, -0.2) is 17.6 Å². The molecule has 1 aromatic rings. The number of carbonyl (C=O) groups is 1. The van der Waals surface area contributed by atoms with Gasteiger partial charge in [0.25, 0.3) is 5.95 Å². The van der Waals surface area contributed by atoms with Crippen molar-refractivity contribution < 1.29 is 31.7 Å². The van der Waals surface area contributed by atoms with E-state index >= 15 is 0 Å². The van der Waals surface area contributed by atoms with Crippen molar-refractivity contribution in [2.45, 2.75) is 26.8 Å². The Bertz CT molecular complexity index is 516. The van der Waals surface area contributed by atoms with Crippen LogP contribution in [0.3, 0.4) is 0 Å². The first-order chi connectivity index (χ1) is 10.0. The molecule has 1 aliphatic carbocycles. The van der Waals surface area contributed by atoms with Gasteiger partial charge >= 0.3 is 0 Å². The number of ether oxygens (including phenoxy) is 1. The van der Waals surface area contributed by atoms with Crippen LogP contribution in [0.2, 0.25) is 0 Å². The van der Waals surface area contributed by atoms with Crippen molar-refractivity contribution in [2.75, 3.05) is 6.61 Å². The molecule has 2 N–H and O–H groups in total. The second kappa shape index (κ2) is 10.8. The maximum atomic E-state index is 10.6. The molecule has 4 nitrogen and oxygen atoms in total. The first-order valence-electron chi connectivity index (χ1n) is 6.94. The standard InChI is InChI=1S/C9H12NO.C8H10O2.Fe/c1-7(10-8(2)11)9-5-3-4-6-9;1-2-10-8(9)7-5-3-4-6-7;/h3-7H,1-2H3,(H,10,11);3-6,9H,2H2,1H3;/q-1;;. The van der Waals surface area contributed by atoms with Crippen molar-refractivity contribution in [1.29, 1.82) is 0 Å². The smallest absolute Gasteiger partial charge is 0.284 e. The van der Waals surface area contributed by atoms with Crippen molar-refractivity contribution >= 4 is 5.91 Å². The number of amides is 1. The van der Waals surface area contributed by atoms with Crippen LogP contribution in [0.4, 0.5) is 0 Å². The normalized spacial score (nSPS) is 12.8. The monoisotopic (exact) mass is 344 g/mol. The fourth-order valence-electron chi connectivity index (χ4n) is 1.80. The van der Waals surface area contributed by atoms with E-state index in [9.17, 15) is 4.79 Å². The third-order valence-corrected chi connectivity index (χ3v) is 2.80. The minimum atomic E-state index is 0. The number of carbonyl (C=O) groups excluding carboxylic acids is 1. The zero-order chi connectivity index (χ0) is 15.7. The quantitative estimate of drug-likeness (QED) is 0.499. The van der Waals surface area contributed by atoms with Crippen molar-refractivity contribution in [1.82, 2.24) is 5.32 Å². The number of allylic oxidation sites excluding steroid dienone is 5. The molecular weight excluding hydrogens is 322 g/mol. The third kappa shape index (κ3) is 7.25. The van der Waals surface area contributed by atoms with Crippen LogP contribution < -0.4 is 5.32 Å². The molecule has 0 bridgehead atoms. The average molecular weight is 344 g/mol. The van der Waals surface area contributed by atoms with Gasteiger partial charge in [0.15, 0.2) is 0 Å². The summed E-state index contributed by atoms with van der Waals surface area (Å²) in [6.07, 6.45) is 7.30. The van der Waals surface area contributed by atoms with Crippen molar-refractivity contribution in [3.8, 4) is 0 Å². The summed E-state index contributed by atoms with van der Waals surface area (Å²) in [4.78, 5) is 10.6. The van der Waals surface area contributed by atoms with Gasteiger partial charge in [0.1, 0.15) is 0 Å². The van der Waals surface area contributed by atoms with Crippen LogP contribution in [0.1, 0.15) is 32.4 Å². The SMILES string of the molecule is CC(=O)NC(C)[c-]1cccc1.CCOC(O)=C1C=CC=C1.[Fe]. The zero-order valence-electron chi connectivity index (χ0n) is 13.0. The minimum Gasteiger partial charge on any atom is -0.481 e. The molecule has 2 rings (SSSR count). The van der Waals surface area contributed by atoms with Gasteiger partial charge in [-0.25, -0.2) is 12.1 Å². The molecule has 5 heteroatoms. The van der Waals surface area contributed by atoms with Gasteiger partial charge in [0.05, 0.1) is 12.2 Å². The molecule has 1 aliphatic rings. The first-order valence-corrected chi connectivity index (χ1v) is 6.94. The number of aliphatic hydroxyl groups is 1. The summed E-state index contributed by atoms with van der Waals surface area (Å²) in [5.74, 6) is 0.0196. The molecule has 0 fully saturated rings. The van der Waals surface area contributed by atoms with Gasteiger partial charge in [0, 0.05) is 30.0 Å². The van der Waals surface area contributed by atoms with Gasteiger partial charge in [-0.1, -0.05) is 19.1 Å². The molecule has 0 spiro atoms. The Labute approximate surface area is 142 Å². The molecule has 0 aliphatic heterocycles. The van der Waals surface area contributed by atoms with Crippen molar-refractivity contribution in [3.63, 3.8) is 0 Å². The van der Waals surface area contributed by atoms with Crippen molar-refractivity contribution in [2.24, 2.45) is 0 Å². The molecule has 1 atom stereocenters. The van der Waals surface area contributed by atoms with Gasteiger partial charge < -0.3 is 15.2 Å². The van der Waals surface area contributed by atoms with Gasteiger partial charge in [-0.15, -0.1) is 5.56 Å². The Morgan fingerprint density at radius 3 is 2.32 bits per heavy atom. The number of aliphatic hydroxyl groups excluding tert-OH is 1. The minimum absolute atomic E-state index is 0. The molecule has 0 aromatic heterocycles. The summed E-state index contributed by atoms with van der Waals surface area (Å²) in [6.45, 7) is 5.83. The van der Waals surface area contributed by atoms with E-state index in [2.05, 4.69) is 5.32 Å². The molecule has 1 unspecified atom stereocenters. The summed E-state index contributed by atoms with van der Waals surface area (Å²) in [5, 5.41) is 11.9. The van der Waals surface area contributed by atoms with Gasteiger partial charge in [0.2, 0.25) is 5.91 Å².